The fraction of sp³-hybridized carbons (Fsp3) is 0.600. The minimum atomic E-state index is 0.666. The molecule has 98 valence electrons. The maximum absolute atomic E-state index is 5.61. The highest BCUT2D eigenvalue weighted by Gasteiger charge is 2.14. The Kier molecular flexibility index (Phi) is 3.69. The third-order valence-electron chi connectivity index (χ3n) is 3.79. The molecule has 1 N–H and O–H groups in total. The Balaban J connectivity index is 1.52. The molecular formula is C15H21NO2. The van der Waals surface area contributed by atoms with Gasteiger partial charge in [-0.1, -0.05) is 6.07 Å². The number of fused-ring (bicyclic) bond motifs is 1. The predicted molar refractivity (Wildman–Crippen MR) is 71.4 cm³/mol. The van der Waals surface area contributed by atoms with Crippen LogP contribution in [0.3, 0.4) is 0 Å². The van der Waals surface area contributed by atoms with E-state index in [1.165, 1.54) is 37.8 Å². The summed E-state index contributed by atoms with van der Waals surface area (Å²) >= 11 is 0. The highest BCUT2D eigenvalue weighted by Crippen LogP contribution is 2.31. The average Bonchev–Trinajstić information content (AvgIpc) is 2.92. The van der Waals surface area contributed by atoms with Crippen LogP contribution in [-0.2, 0) is 6.42 Å². The van der Waals surface area contributed by atoms with Gasteiger partial charge in [0.25, 0.3) is 0 Å². The Morgan fingerprint density at radius 2 is 2.06 bits per heavy atom. The topological polar surface area (TPSA) is 30.5 Å². The van der Waals surface area contributed by atoms with Crippen LogP contribution in [0.2, 0.25) is 0 Å². The highest BCUT2D eigenvalue weighted by molar-refractivity contribution is 5.43. The van der Waals surface area contributed by atoms with Gasteiger partial charge < -0.3 is 14.8 Å². The van der Waals surface area contributed by atoms with E-state index in [0.717, 1.165) is 24.0 Å². The van der Waals surface area contributed by atoms with Gasteiger partial charge in [-0.3, -0.25) is 0 Å². The summed E-state index contributed by atoms with van der Waals surface area (Å²) in [6.07, 6.45) is 6.36. The molecule has 0 aliphatic carbocycles. The lowest BCUT2D eigenvalue weighted by atomic mass is 10.0. The van der Waals surface area contributed by atoms with E-state index in [4.69, 9.17) is 9.47 Å². The molecule has 1 aromatic rings. The van der Waals surface area contributed by atoms with Crippen LogP contribution in [-0.4, -0.2) is 25.8 Å². The van der Waals surface area contributed by atoms with E-state index < -0.39 is 0 Å². The molecule has 2 aliphatic rings. The lowest BCUT2D eigenvalue weighted by Gasteiger charge is -2.19. The third-order valence-corrected chi connectivity index (χ3v) is 3.79. The van der Waals surface area contributed by atoms with Gasteiger partial charge in [-0.05, 0) is 56.3 Å². The van der Waals surface area contributed by atoms with Crippen LogP contribution in [0.1, 0.15) is 31.2 Å². The van der Waals surface area contributed by atoms with Crippen LogP contribution in [0.15, 0.2) is 18.2 Å². The molecule has 3 nitrogen and oxygen atoms in total. The van der Waals surface area contributed by atoms with Crippen LogP contribution in [0.4, 0.5) is 0 Å². The zero-order valence-corrected chi connectivity index (χ0v) is 10.8. The Hall–Kier alpha value is -1.22. The fourth-order valence-corrected chi connectivity index (χ4v) is 2.80. The minimum absolute atomic E-state index is 0.666. The molecule has 1 aromatic carbocycles. The van der Waals surface area contributed by atoms with E-state index in [1.54, 1.807) is 0 Å². The predicted octanol–water partition coefficient (Wildman–Crippen LogP) is 2.53. The molecule has 0 amide bonds. The quantitative estimate of drug-likeness (QED) is 0.887. The van der Waals surface area contributed by atoms with Gasteiger partial charge in [0.05, 0.1) is 0 Å². The van der Waals surface area contributed by atoms with E-state index in [0.29, 0.717) is 13.2 Å². The van der Waals surface area contributed by atoms with Gasteiger partial charge in [0, 0.05) is 6.04 Å². The largest absolute Gasteiger partial charge is 0.486 e. The molecular weight excluding hydrogens is 226 g/mol. The maximum Gasteiger partial charge on any atom is 0.161 e. The smallest absolute Gasteiger partial charge is 0.161 e. The number of hydrogen-bond donors (Lipinski definition) is 1. The zero-order valence-electron chi connectivity index (χ0n) is 10.8. The molecule has 1 saturated heterocycles. The SMILES string of the molecule is c1cc2c(cc1CCCC1CCCN1)OCCO2. The Morgan fingerprint density at radius 3 is 2.89 bits per heavy atom. The summed E-state index contributed by atoms with van der Waals surface area (Å²) in [5.41, 5.74) is 1.36. The number of aryl methyl sites for hydroxylation is 1. The fourth-order valence-electron chi connectivity index (χ4n) is 2.80. The highest BCUT2D eigenvalue weighted by atomic mass is 16.6. The summed E-state index contributed by atoms with van der Waals surface area (Å²) in [6, 6.07) is 7.09. The molecule has 2 heterocycles. The first-order chi connectivity index (χ1) is 8.92. The first-order valence-electron chi connectivity index (χ1n) is 7.04. The molecule has 0 bridgehead atoms. The molecule has 3 rings (SSSR count). The van der Waals surface area contributed by atoms with E-state index in [1.807, 2.05) is 6.07 Å². The van der Waals surface area contributed by atoms with Crippen molar-refractivity contribution in [2.45, 2.75) is 38.1 Å². The summed E-state index contributed by atoms with van der Waals surface area (Å²) in [7, 11) is 0. The summed E-state index contributed by atoms with van der Waals surface area (Å²) in [4.78, 5) is 0. The first kappa shape index (κ1) is 11.8. The van der Waals surface area contributed by atoms with Crippen molar-refractivity contribution in [3.8, 4) is 11.5 Å². The van der Waals surface area contributed by atoms with Crippen LogP contribution in [0.5, 0.6) is 11.5 Å². The normalized spacial score (nSPS) is 22.1. The van der Waals surface area contributed by atoms with Crippen molar-refractivity contribution < 1.29 is 9.47 Å². The van der Waals surface area contributed by atoms with Gasteiger partial charge >= 0.3 is 0 Å². The van der Waals surface area contributed by atoms with Crippen molar-refractivity contribution in [3.63, 3.8) is 0 Å². The van der Waals surface area contributed by atoms with Crippen LogP contribution < -0.4 is 14.8 Å². The van der Waals surface area contributed by atoms with Gasteiger partial charge in [-0.25, -0.2) is 0 Å². The summed E-state index contributed by atoms with van der Waals surface area (Å²) in [5, 5.41) is 3.55. The van der Waals surface area contributed by atoms with Gasteiger partial charge in [0.15, 0.2) is 11.5 Å². The van der Waals surface area contributed by atoms with E-state index in [9.17, 15) is 0 Å². The van der Waals surface area contributed by atoms with E-state index >= 15 is 0 Å². The van der Waals surface area contributed by atoms with Crippen LogP contribution in [0, 0.1) is 0 Å². The maximum atomic E-state index is 5.61. The number of rotatable bonds is 4. The standard InChI is InChI=1S/C15H21NO2/c1(4-13-5-2-8-16-13)3-12-6-7-14-15(11-12)18-10-9-17-14/h6-7,11,13,16H,1-5,8-10H2. The second-order valence-corrected chi connectivity index (χ2v) is 5.16. The second-order valence-electron chi connectivity index (χ2n) is 5.16. The monoisotopic (exact) mass is 247 g/mol. The first-order valence-corrected chi connectivity index (χ1v) is 7.04. The number of ether oxygens (including phenoxy) is 2. The molecule has 3 heteroatoms. The van der Waals surface area contributed by atoms with Gasteiger partial charge in [-0.2, -0.15) is 0 Å². The summed E-state index contributed by atoms with van der Waals surface area (Å²) < 4.78 is 11.1. The lowest BCUT2D eigenvalue weighted by molar-refractivity contribution is 0.171. The van der Waals surface area contributed by atoms with E-state index in [2.05, 4.69) is 17.4 Å². The zero-order chi connectivity index (χ0) is 12.2. The third kappa shape index (κ3) is 2.78. The number of benzene rings is 1. The molecule has 1 fully saturated rings. The molecule has 0 saturated carbocycles. The molecule has 1 unspecified atom stereocenters. The van der Waals surface area contributed by atoms with Crippen molar-refractivity contribution in [3.05, 3.63) is 23.8 Å². The van der Waals surface area contributed by atoms with Crippen molar-refractivity contribution in [2.75, 3.05) is 19.8 Å². The molecule has 1 atom stereocenters. The van der Waals surface area contributed by atoms with Crippen molar-refractivity contribution in [2.24, 2.45) is 0 Å². The summed E-state index contributed by atoms with van der Waals surface area (Å²) in [5.74, 6) is 1.81. The minimum Gasteiger partial charge on any atom is -0.486 e. The average molecular weight is 247 g/mol. The number of hydrogen-bond acceptors (Lipinski definition) is 3. The number of nitrogens with one attached hydrogen (secondary N) is 1. The molecule has 2 aliphatic heterocycles. The Morgan fingerprint density at radius 1 is 1.17 bits per heavy atom. The Bertz CT molecular complexity index is 399. The molecule has 0 radical (unpaired) electrons. The van der Waals surface area contributed by atoms with Crippen LogP contribution in [0.25, 0.3) is 0 Å². The molecule has 18 heavy (non-hydrogen) atoms. The van der Waals surface area contributed by atoms with Crippen LogP contribution >= 0.6 is 0 Å². The molecule has 0 aromatic heterocycles. The molecule has 0 spiro atoms. The van der Waals surface area contributed by atoms with Crippen molar-refractivity contribution in [1.82, 2.24) is 5.32 Å². The Labute approximate surface area is 108 Å². The lowest BCUT2D eigenvalue weighted by Crippen LogP contribution is -2.21. The van der Waals surface area contributed by atoms with Crippen molar-refractivity contribution >= 4 is 0 Å². The van der Waals surface area contributed by atoms with Gasteiger partial charge in [0.2, 0.25) is 0 Å². The van der Waals surface area contributed by atoms with E-state index in [-0.39, 0.29) is 0 Å². The van der Waals surface area contributed by atoms with Gasteiger partial charge in [0.1, 0.15) is 13.2 Å². The van der Waals surface area contributed by atoms with Crippen molar-refractivity contribution in [1.29, 1.82) is 0 Å². The van der Waals surface area contributed by atoms with Gasteiger partial charge in [-0.15, -0.1) is 0 Å². The summed E-state index contributed by atoms with van der Waals surface area (Å²) in [6.45, 7) is 2.54. The second kappa shape index (κ2) is 5.61.